The third kappa shape index (κ3) is 5.40. The molecule has 0 radical (unpaired) electrons. The van der Waals surface area contributed by atoms with Crippen LogP contribution in [0.15, 0.2) is 70.5 Å². The van der Waals surface area contributed by atoms with Gasteiger partial charge in [0.25, 0.3) is 0 Å². The van der Waals surface area contributed by atoms with Gasteiger partial charge < -0.3 is 9.84 Å². The highest BCUT2D eigenvalue weighted by Gasteiger charge is 2.16. The molecule has 1 aromatic heterocycles. The Balaban J connectivity index is 1.43. The van der Waals surface area contributed by atoms with E-state index in [2.05, 4.69) is 20.6 Å². The average Bonchev–Trinajstić information content (AvgIpc) is 3.36. The number of nitrogens with zero attached hydrogens (tertiary/aromatic N) is 3. The number of rotatable bonds is 9. The van der Waals surface area contributed by atoms with Gasteiger partial charge in [-0.05, 0) is 60.5 Å². The van der Waals surface area contributed by atoms with Gasteiger partial charge in [-0.25, -0.2) is 0 Å². The number of nitrogens with one attached hydrogen (secondary N) is 1. The second-order valence-corrected chi connectivity index (χ2v) is 8.69. The first-order chi connectivity index (χ1) is 16.0. The Hall–Kier alpha value is -3.65. The van der Waals surface area contributed by atoms with Crippen LogP contribution in [0.5, 0.6) is 11.5 Å². The summed E-state index contributed by atoms with van der Waals surface area (Å²) in [4.78, 5) is 13.9. The van der Waals surface area contributed by atoms with E-state index in [1.54, 1.807) is 23.9 Å². The minimum atomic E-state index is -0.160. The molecule has 0 amide bonds. The van der Waals surface area contributed by atoms with Gasteiger partial charge >= 0.3 is 0 Å². The zero-order valence-electron chi connectivity index (χ0n) is 18.4. The molecule has 0 saturated carbocycles. The van der Waals surface area contributed by atoms with Crippen molar-refractivity contribution in [3.05, 3.63) is 77.4 Å². The number of carbonyl (C=O) groups excluding carboxylic acids is 1. The van der Waals surface area contributed by atoms with E-state index < -0.39 is 0 Å². The molecule has 0 fully saturated rings. The molecule has 8 heteroatoms. The predicted octanol–water partition coefficient (Wildman–Crippen LogP) is 5.46. The number of tetrazole rings is 1. The number of hydrogen-bond donors (Lipinski definition) is 2. The number of benzene rings is 3. The Labute approximate surface area is 196 Å². The van der Waals surface area contributed by atoms with Gasteiger partial charge in [-0.2, -0.15) is 5.21 Å². The molecule has 168 valence electrons. The van der Waals surface area contributed by atoms with Crippen molar-refractivity contribution in [2.24, 2.45) is 0 Å². The molecule has 33 heavy (non-hydrogen) atoms. The van der Waals surface area contributed by atoms with E-state index in [1.165, 1.54) is 6.92 Å². The van der Waals surface area contributed by atoms with Crippen molar-refractivity contribution in [3.63, 3.8) is 0 Å². The number of phenols is 1. The summed E-state index contributed by atoms with van der Waals surface area (Å²) in [6, 6.07) is 19.5. The molecule has 0 aliphatic heterocycles. The van der Waals surface area contributed by atoms with E-state index in [0.717, 1.165) is 27.3 Å². The minimum absolute atomic E-state index is 0.0247. The summed E-state index contributed by atoms with van der Waals surface area (Å²) in [6.45, 7) is 3.85. The maximum Gasteiger partial charge on any atom is 0.204 e. The molecule has 0 bridgehead atoms. The summed E-state index contributed by atoms with van der Waals surface area (Å²) in [7, 11) is 0. The molecule has 2 N–H and O–H groups in total. The first-order valence-corrected chi connectivity index (χ1v) is 11.5. The molecule has 0 atom stereocenters. The molecule has 7 nitrogen and oxygen atoms in total. The van der Waals surface area contributed by atoms with Gasteiger partial charge in [0.2, 0.25) is 5.82 Å². The van der Waals surface area contributed by atoms with Gasteiger partial charge in [-0.15, -0.1) is 10.2 Å². The fourth-order valence-electron chi connectivity index (χ4n) is 3.46. The van der Waals surface area contributed by atoms with Crippen LogP contribution < -0.4 is 4.74 Å². The number of phenolic OH excluding ortho intramolecular Hbond substituents is 1. The van der Waals surface area contributed by atoms with E-state index in [-0.39, 0.29) is 11.5 Å². The number of ether oxygens (including phenoxy) is 1. The zero-order valence-corrected chi connectivity index (χ0v) is 19.2. The van der Waals surface area contributed by atoms with Crippen LogP contribution >= 0.6 is 11.8 Å². The summed E-state index contributed by atoms with van der Waals surface area (Å²) in [5, 5.41) is 24.6. The standard InChI is InChI=1S/C25H24N4O3S/c1-3-5-22-23(13-12-21(16(2)30)24(22)31)32-15-17-8-10-19(11-9-17)33-20-7-4-6-18(14-20)25-26-28-29-27-25/h4,6-14,31H,3,5,15H2,1-2H3,(H,26,27,28,29). The lowest BCUT2D eigenvalue weighted by atomic mass is 10.0. The van der Waals surface area contributed by atoms with E-state index >= 15 is 0 Å². The van der Waals surface area contributed by atoms with Crippen LogP contribution in [-0.4, -0.2) is 31.5 Å². The summed E-state index contributed by atoms with van der Waals surface area (Å²) >= 11 is 1.65. The first-order valence-electron chi connectivity index (χ1n) is 10.6. The highest BCUT2D eigenvalue weighted by molar-refractivity contribution is 7.99. The lowest BCUT2D eigenvalue weighted by molar-refractivity contribution is 0.101. The maximum absolute atomic E-state index is 11.7. The zero-order chi connectivity index (χ0) is 23.2. The van der Waals surface area contributed by atoms with Crippen molar-refractivity contribution in [3.8, 4) is 22.9 Å². The highest BCUT2D eigenvalue weighted by Crippen LogP contribution is 2.34. The Morgan fingerprint density at radius 1 is 1.09 bits per heavy atom. The Morgan fingerprint density at radius 2 is 1.91 bits per heavy atom. The van der Waals surface area contributed by atoms with E-state index in [0.29, 0.717) is 35.7 Å². The van der Waals surface area contributed by atoms with E-state index in [1.807, 2.05) is 55.5 Å². The Kier molecular flexibility index (Phi) is 7.04. The van der Waals surface area contributed by atoms with Crippen LogP contribution in [0, 0.1) is 0 Å². The van der Waals surface area contributed by atoms with Crippen molar-refractivity contribution >= 4 is 17.5 Å². The number of carbonyl (C=O) groups is 1. The quantitative estimate of drug-likeness (QED) is 0.320. The summed E-state index contributed by atoms with van der Waals surface area (Å²) in [6.07, 6.45) is 1.48. The monoisotopic (exact) mass is 460 g/mol. The molecular weight excluding hydrogens is 436 g/mol. The third-order valence-electron chi connectivity index (χ3n) is 5.11. The maximum atomic E-state index is 11.7. The van der Waals surface area contributed by atoms with Gasteiger partial charge in [0, 0.05) is 20.9 Å². The minimum Gasteiger partial charge on any atom is -0.507 e. The number of H-pyrrole nitrogens is 1. The fourth-order valence-corrected chi connectivity index (χ4v) is 4.34. The van der Waals surface area contributed by atoms with Crippen molar-refractivity contribution in [1.29, 1.82) is 0 Å². The van der Waals surface area contributed by atoms with Crippen LogP contribution in [0.1, 0.15) is 41.8 Å². The number of hydrogen-bond acceptors (Lipinski definition) is 7. The van der Waals surface area contributed by atoms with Crippen LogP contribution in [0.25, 0.3) is 11.4 Å². The number of aromatic nitrogens is 4. The van der Waals surface area contributed by atoms with Gasteiger partial charge in [0.05, 0.1) is 5.56 Å². The lowest BCUT2D eigenvalue weighted by Gasteiger charge is -2.15. The Bertz CT molecular complexity index is 1240. The lowest BCUT2D eigenvalue weighted by Crippen LogP contribution is -2.02. The van der Waals surface area contributed by atoms with Crippen LogP contribution in [0.2, 0.25) is 0 Å². The van der Waals surface area contributed by atoms with Crippen LogP contribution in [0.3, 0.4) is 0 Å². The normalized spacial score (nSPS) is 10.8. The molecular formula is C25H24N4O3S. The number of aromatic amines is 1. The van der Waals surface area contributed by atoms with Gasteiger partial charge in [-0.1, -0.05) is 49.4 Å². The van der Waals surface area contributed by atoms with Gasteiger partial charge in [-0.3, -0.25) is 4.79 Å². The van der Waals surface area contributed by atoms with Crippen molar-refractivity contribution in [2.75, 3.05) is 0 Å². The van der Waals surface area contributed by atoms with Crippen molar-refractivity contribution in [2.45, 2.75) is 43.1 Å². The molecule has 0 saturated heterocycles. The predicted molar refractivity (Wildman–Crippen MR) is 127 cm³/mol. The molecule has 4 aromatic rings. The van der Waals surface area contributed by atoms with Gasteiger partial charge in [0.1, 0.15) is 18.1 Å². The second-order valence-electron chi connectivity index (χ2n) is 7.54. The molecule has 1 heterocycles. The molecule has 4 rings (SSSR count). The molecule has 0 aliphatic rings. The number of Topliss-reactive ketones (excluding diaryl/α,β-unsaturated/α-hetero) is 1. The highest BCUT2D eigenvalue weighted by atomic mass is 32.2. The molecule has 0 aliphatic carbocycles. The van der Waals surface area contributed by atoms with Crippen molar-refractivity contribution in [1.82, 2.24) is 20.6 Å². The van der Waals surface area contributed by atoms with Crippen LogP contribution in [-0.2, 0) is 13.0 Å². The summed E-state index contributed by atoms with van der Waals surface area (Å²) in [5.41, 5.74) is 2.92. The third-order valence-corrected chi connectivity index (χ3v) is 6.11. The smallest absolute Gasteiger partial charge is 0.204 e. The van der Waals surface area contributed by atoms with Gasteiger partial charge in [0.15, 0.2) is 5.78 Å². The second kappa shape index (κ2) is 10.3. The van der Waals surface area contributed by atoms with E-state index in [4.69, 9.17) is 4.74 Å². The topological polar surface area (TPSA) is 101 Å². The summed E-state index contributed by atoms with van der Waals surface area (Å²) < 4.78 is 6.01. The fraction of sp³-hybridized carbons (Fsp3) is 0.200. The van der Waals surface area contributed by atoms with E-state index in [9.17, 15) is 9.90 Å². The largest absolute Gasteiger partial charge is 0.507 e. The molecule has 3 aromatic carbocycles. The Morgan fingerprint density at radius 3 is 2.61 bits per heavy atom. The number of ketones is 1. The molecule has 0 spiro atoms. The molecule has 0 unspecified atom stereocenters. The summed E-state index contributed by atoms with van der Waals surface area (Å²) in [5.74, 6) is 1.04. The SMILES string of the molecule is CCCc1c(OCc2ccc(Sc3cccc(-c4nn[nH]n4)c3)cc2)ccc(C(C)=O)c1O. The van der Waals surface area contributed by atoms with Crippen molar-refractivity contribution < 1.29 is 14.6 Å². The average molecular weight is 461 g/mol. The number of aromatic hydroxyl groups is 1. The first kappa shape index (κ1) is 22.5. The van der Waals surface area contributed by atoms with Crippen LogP contribution in [0.4, 0.5) is 0 Å².